The molecule has 0 saturated heterocycles. The summed E-state index contributed by atoms with van der Waals surface area (Å²) in [4.78, 5) is 20.3. The van der Waals surface area contributed by atoms with Crippen LogP contribution in [0.5, 0.6) is 5.75 Å². The average Bonchev–Trinajstić information content (AvgIpc) is 2.88. The molecule has 0 aliphatic rings. The van der Waals surface area contributed by atoms with Gasteiger partial charge in [0.25, 0.3) is 5.56 Å². The number of aromatic nitrogens is 2. The maximum atomic E-state index is 13.4. The minimum absolute atomic E-state index is 0.150. The molecule has 2 aromatic carbocycles. The van der Waals surface area contributed by atoms with Gasteiger partial charge in [0.1, 0.15) is 18.2 Å². The van der Waals surface area contributed by atoms with E-state index in [1.54, 1.807) is 35.0 Å². The van der Waals surface area contributed by atoms with E-state index in [9.17, 15) is 4.79 Å². The molecule has 0 radical (unpaired) electrons. The molecule has 0 amide bonds. The normalized spacial score (nSPS) is 11.3. The first kappa shape index (κ1) is 26.0. The highest BCUT2D eigenvalue weighted by molar-refractivity contribution is 6.39. The summed E-state index contributed by atoms with van der Waals surface area (Å²) in [5, 5.41) is 5.02. The third-order valence-electron chi connectivity index (χ3n) is 6.22. The van der Waals surface area contributed by atoms with Crippen LogP contribution in [-0.4, -0.2) is 40.7 Å². The van der Waals surface area contributed by atoms with Gasteiger partial charge >= 0.3 is 0 Å². The molecule has 0 saturated carbocycles. The van der Waals surface area contributed by atoms with Gasteiger partial charge in [-0.15, -0.1) is 0 Å². The molecule has 0 aliphatic carbocycles. The highest BCUT2D eigenvalue weighted by atomic mass is 35.5. The third kappa shape index (κ3) is 5.67. The lowest BCUT2D eigenvalue weighted by molar-refractivity contribution is 0.223. The van der Waals surface area contributed by atoms with Crippen molar-refractivity contribution in [1.29, 1.82) is 0 Å². The molecule has 4 rings (SSSR count). The van der Waals surface area contributed by atoms with Crippen molar-refractivity contribution < 1.29 is 4.74 Å². The Bertz CT molecular complexity index is 1380. The number of nitrogens with one attached hydrogen (secondary N) is 1. The van der Waals surface area contributed by atoms with Crippen molar-refractivity contribution in [1.82, 2.24) is 14.5 Å². The molecule has 0 fully saturated rings. The van der Waals surface area contributed by atoms with Crippen LogP contribution in [0.15, 0.2) is 65.6 Å². The lowest BCUT2D eigenvalue weighted by atomic mass is 10.0. The molecular formula is C28H30Cl2N4O2. The van der Waals surface area contributed by atoms with Crippen LogP contribution in [0.2, 0.25) is 10.0 Å². The predicted molar refractivity (Wildman–Crippen MR) is 150 cm³/mol. The second-order valence-corrected chi connectivity index (χ2v) is 9.17. The standard InChI is InChI=1S/C28H30Cl2N4O2/c1-4-33(5-2)14-15-36-21-12-10-20(11-13-21)32-26-17-25-19(18-31-26)16-22(28(35)34(25)6-3)27-23(29)8-7-9-24(27)30/h7-13,16-18H,4-6,14-15H2,1-3H3,(H,31,32). The Morgan fingerprint density at radius 3 is 2.33 bits per heavy atom. The smallest absolute Gasteiger partial charge is 0.259 e. The van der Waals surface area contributed by atoms with E-state index in [0.717, 1.165) is 42.0 Å². The van der Waals surface area contributed by atoms with Gasteiger partial charge in [0, 0.05) is 42.0 Å². The number of fused-ring (bicyclic) bond motifs is 1. The Hall–Kier alpha value is -3.06. The number of rotatable bonds is 10. The van der Waals surface area contributed by atoms with E-state index in [1.807, 2.05) is 37.3 Å². The first-order chi connectivity index (χ1) is 17.4. The van der Waals surface area contributed by atoms with Crippen LogP contribution >= 0.6 is 23.2 Å². The minimum Gasteiger partial charge on any atom is -0.492 e. The van der Waals surface area contributed by atoms with Gasteiger partial charge in [0.05, 0.1) is 21.1 Å². The summed E-state index contributed by atoms with van der Waals surface area (Å²) >= 11 is 12.8. The fraction of sp³-hybridized carbons (Fsp3) is 0.286. The molecule has 0 atom stereocenters. The zero-order valence-corrected chi connectivity index (χ0v) is 22.2. The van der Waals surface area contributed by atoms with Crippen molar-refractivity contribution in [2.45, 2.75) is 27.3 Å². The van der Waals surface area contributed by atoms with Crippen LogP contribution in [-0.2, 0) is 6.54 Å². The summed E-state index contributed by atoms with van der Waals surface area (Å²) in [6.07, 6.45) is 1.75. The van der Waals surface area contributed by atoms with Crippen molar-refractivity contribution in [3.8, 4) is 16.9 Å². The van der Waals surface area contributed by atoms with Gasteiger partial charge in [0.15, 0.2) is 0 Å². The molecule has 0 unspecified atom stereocenters. The molecule has 1 N–H and O–H groups in total. The van der Waals surface area contributed by atoms with Crippen molar-refractivity contribution in [3.05, 3.63) is 81.2 Å². The summed E-state index contributed by atoms with van der Waals surface area (Å²) in [7, 11) is 0. The van der Waals surface area contributed by atoms with Crippen LogP contribution < -0.4 is 15.6 Å². The highest BCUT2D eigenvalue weighted by Gasteiger charge is 2.16. The Labute approximate surface area is 221 Å². The molecule has 4 aromatic rings. The Kier molecular flexibility index (Phi) is 8.52. The lowest BCUT2D eigenvalue weighted by Gasteiger charge is -2.18. The maximum absolute atomic E-state index is 13.4. The topological polar surface area (TPSA) is 59.4 Å². The fourth-order valence-corrected chi connectivity index (χ4v) is 4.80. The number of halogens is 2. The monoisotopic (exact) mass is 524 g/mol. The zero-order chi connectivity index (χ0) is 25.7. The second-order valence-electron chi connectivity index (χ2n) is 8.36. The highest BCUT2D eigenvalue weighted by Crippen LogP contribution is 2.34. The number of likely N-dealkylation sites (N-methyl/N-ethyl adjacent to an activating group) is 1. The van der Waals surface area contributed by atoms with Crippen LogP contribution in [0.4, 0.5) is 11.5 Å². The largest absolute Gasteiger partial charge is 0.492 e. The lowest BCUT2D eigenvalue weighted by Crippen LogP contribution is -2.27. The molecule has 0 aliphatic heterocycles. The van der Waals surface area contributed by atoms with Crippen molar-refractivity contribution >= 4 is 45.6 Å². The van der Waals surface area contributed by atoms with Crippen LogP contribution in [0, 0.1) is 0 Å². The molecule has 36 heavy (non-hydrogen) atoms. The SMILES string of the molecule is CCN(CC)CCOc1ccc(Nc2cc3c(cn2)cc(-c2c(Cl)cccc2Cl)c(=O)n3CC)cc1. The predicted octanol–water partition coefficient (Wildman–Crippen LogP) is 6.85. The van der Waals surface area contributed by atoms with Crippen molar-refractivity contribution in [3.63, 3.8) is 0 Å². The van der Waals surface area contributed by atoms with Crippen molar-refractivity contribution in [2.75, 3.05) is 31.6 Å². The number of benzene rings is 2. The van der Waals surface area contributed by atoms with Gasteiger partial charge in [0.2, 0.25) is 0 Å². The van der Waals surface area contributed by atoms with Gasteiger partial charge in [-0.05, 0) is 62.5 Å². The number of aryl methyl sites for hydroxylation is 1. The zero-order valence-electron chi connectivity index (χ0n) is 20.7. The van der Waals surface area contributed by atoms with Gasteiger partial charge < -0.3 is 19.5 Å². The van der Waals surface area contributed by atoms with E-state index < -0.39 is 0 Å². The van der Waals surface area contributed by atoms with E-state index >= 15 is 0 Å². The minimum atomic E-state index is -0.150. The van der Waals surface area contributed by atoms with Crippen LogP contribution in [0.25, 0.3) is 22.0 Å². The number of nitrogens with zero attached hydrogens (tertiary/aromatic N) is 3. The number of anilines is 2. The third-order valence-corrected chi connectivity index (χ3v) is 6.85. The molecule has 0 bridgehead atoms. The summed E-state index contributed by atoms with van der Waals surface area (Å²) in [5.74, 6) is 1.47. The van der Waals surface area contributed by atoms with Gasteiger partial charge in [-0.3, -0.25) is 4.79 Å². The maximum Gasteiger partial charge on any atom is 0.259 e. The number of ether oxygens (including phenoxy) is 1. The first-order valence-electron chi connectivity index (χ1n) is 12.1. The van der Waals surface area contributed by atoms with E-state index in [2.05, 4.69) is 29.0 Å². The molecule has 8 heteroatoms. The van der Waals surface area contributed by atoms with Gasteiger partial charge in [-0.25, -0.2) is 4.98 Å². The van der Waals surface area contributed by atoms with Crippen LogP contribution in [0.3, 0.4) is 0 Å². The quantitative estimate of drug-likeness (QED) is 0.245. The number of pyridine rings is 2. The first-order valence-corrected chi connectivity index (χ1v) is 12.9. The van der Waals surface area contributed by atoms with E-state index in [-0.39, 0.29) is 5.56 Å². The average molecular weight is 525 g/mol. The van der Waals surface area contributed by atoms with Crippen LogP contribution in [0.1, 0.15) is 20.8 Å². The summed E-state index contributed by atoms with van der Waals surface area (Å²) in [5.41, 5.74) is 2.50. The Balaban J connectivity index is 1.57. The summed E-state index contributed by atoms with van der Waals surface area (Å²) < 4.78 is 7.58. The Morgan fingerprint density at radius 2 is 1.69 bits per heavy atom. The molecule has 2 aromatic heterocycles. The molecule has 188 valence electrons. The molecule has 2 heterocycles. The van der Waals surface area contributed by atoms with E-state index in [0.29, 0.717) is 40.1 Å². The fourth-order valence-electron chi connectivity index (χ4n) is 4.20. The van der Waals surface area contributed by atoms with E-state index in [1.165, 1.54) is 0 Å². The van der Waals surface area contributed by atoms with E-state index in [4.69, 9.17) is 27.9 Å². The Morgan fingerprint density at radius 1 is 1.00 bits per heavy atom. The molecule has 0 spiro atoms. The van der Waals surface area contributed by atoms with Crippen molar-refractivity contribution in [2.24, 2.45) is 0 Å². The second kappa shape index (κ2) is 11.8. The molecular weight excluding hydrogens is 495 g/mol. The van der Waals surface area contributed by atoms with Gasteiger partial charge in [-0.2, -0.15) is 0 Å². The number of hydrogen-bond donors (Lipinski definition) is 1. The summed E-state index contributed by atoms with van der Waals surface area (Å²) in [6.45, 7) is 10.3. The summed E-state index contributed by atoms with van der Waals surface area (Å²) in [6, 6.07) is 16.7. The molecule has 6 nitrogen and oxygen atoms in total. The number of hydrogen-bond acceptors (Lipinski definition) is 5. The van der Waals surface area contributed by atoms with Gasteiger partial charge in [-0.1, -0.05) is 43.1 Å².